The van der Waals surface area contributed by atoms with Gasteiger partial charge in [-0.25, -0.2) is 8.42 Å². The molecule has 0 unspecified atom stereocenters. The van der Waals surface area contributed by atoms with Crippen molar-refractivity contribution in [3.8, 4) is 0 Å². The highest BCUT2D eigenvalue weighted by Gasteiger charge is 2.26. The predicted molar refractivity (Wildman–Crippen MR) is 112 cm³/mol. The summed E-state index contributed by atoms with van der Waals surface area (Å²) in [4.78, 5) is 12.3. The third-order valence-corrected chi connectivity index (χ3v) is 5.83. The Balaban J connectivity index is 2.11. The molecule has 0 heterocycles. The highest BCUT2D eigenvalue weighted by molar-refractivity contribution is 7.92. The molecule has 0 bridgehead atoms. The largest absolute Gasteiger partial charge is 0.395 e. The zero-order valence-electron chi connectivity index (χ0n) is 16.9. The number of carbonyl (C=O) groups excluding carboxylic acids is 1. The first-order chi connectivity index (χ1) is 12.8. The average Bonchev–Trinajstić information content (AvgIpc) is 2.62. The molecule has 0 aliphatic rings. The van der Waals surface area contributed by atoms with Crippen molar-refractivity contribution in [3.05, 3.63) is 54.1 Å². The van der Waals surface area contributed by atoms with Gasteiger partial charge in [0.1, 0.15) is 0 Å². The fourth-order valence-corrected chi connectivity index (χ4v) is 3.40. The van der Waals surface area contributed by atoms with Gasteiger partial charge in [-0.1, -0.05) is 32.9 Å². The Morgan fingerprint density at radius 3 is 1.86 bits per heavy atom. The summed E-state index contributed by atoms with van der Waals surface area (Å²) in [5, 5.41) is 11.9. The Bertz CT molecular complexity index is 926. The van der Waals surface area contributed by atoms with Crippen molar-refractivity contribution in [2.45, 2.75) is 44.9 Å². The van der Waals surface area contributed by atoms with E-state index in [4.69, 9.17) is 0 Å². The Labute approximate surface area is 167 Å². The predicted octanol–water partition coefficient (Wildman–Crippen LogP) is 3.74. The summed E-state index contributed by atoms with van der Waals surface area (Å²) in [6.07, 6.45) is 0. The van der Waals surface area contributed by atoms with E-state index >= 15 is 0 Å². The maximum Gasteiger partial charge on any atom is 0.261 e. The third kappa shape index (κ3) is 5.33. The number of carbonyl (C=O) groups is 1. The molecule has 0 spiro atoms. The van der Waals surface area contributed by atoms with Gasteiger partial charge in [-0.05, 0) is 61.2 Å². The second-order valence-corrected chi connectivity index (χ2v) is 10.1. The van der Waals surface area contributed by atoms with Crippen molar-refractivity contribution in [1.82, 2.24) is 0 Å². The molecule has 0 atom stereocenters. The third-order valence-electron chi connectivity index (χ3n) is 4.44. The minimum atomic E-state index is -3.71. The van der Waals surface area contributed by atoms with Gasteiger partial charge in [-0.2, -0.15) is 0 Å². The van der Waals surface area contributed by atoms with Crippen LogP contribution in [0, 0.1) is 5.41 Å². The number of amides is 1. The minimum absolute atomic E-state index is 0.0550. The van der Waals surface area contributed by atoms with Crippen LogP contribution in [0.3, 0.4) is 0 Å². The van der Waals surface area contributed by atoms with Crippen LogP contribution in [0.2, 0.25) is 0 Å². The van der Waals surface area contributed by atoms with Gasteiger partial charge in [0, 0.05) is 11.4 Å². The lowest BCUT2D eigenvalue weighted by molar-refractivity contribution is -0.125. The SMILES string of the molecule is CC(C)(CO)C(=O)Nc1ccc(NS(=O)(=O)c2ccc(C(C)(C)C)cc2)cc1. The van der Waals surface area contributed by atoms with Crippen LogP contribution >= 0.6 is 0 Å². The Morgan fingerprint density at radius 2 is 1.39 bits per heavy atom. The van der Waals surface area contributed by atoms with Gasteiger partial charge < -0.3 is 10.4 Å². The molecule has 2 aromatic carbocycles. The minimum Gasteiger partial charge on any atom is -0.395 e. The van der Waals surface area contributed by atoms with Crippen LogP contribution in [-0.2, 0) is 20.2 Å². The lowest BCUT2D eigenvalue weighted by Gasteiger charge is -2.20. The van der Waals surface area contributed by atoms with Crippen LogP contribution in [0.5, 0.6) is 0 Å². The topological polar surface area (TPSA) is 95.5 Å². The lowest BCUT2D eigenvalue weighted by Crippen LogP contribution is -2.33. The average molecular weight is 405 g/mol. The number of hydrogen-bond acceptors (Lipinski definition) is 4. The normalized spacial score (nSPS) is 12.5. The van der Waals surface area contributed by atoms with E-state index in [-0.39, 0.29) is 22.8 Å². The van der Waals surface area contributed by atoms with Gasteiger partial charge in [0.25, 0.3) is 10.0 Å². The van der Waals surface area contributed by atoms with Crippen LogP contribution in [-0.4, -0.2) is 26.0 Å². The number of aliphatic hydroxyl groups is 1. The maximum atomic E-state index is 12.6. The molecule has 0 saturated heterocycles. The summed E-state index contributed by atoms with van der Waals surface area (Å²) in [5.74, 6) is -0.317. The molecule has 0 saturated carbocycles. The van der Waals surface area contributed by atoms with E-state index in [0.717, 1.165) is 5.56 Å². The van der Waals surface area contributed by atoms with Crippen molar-refractivity contribution < 1.29 is 18.3 Å². The zero-order chi connectivity index (χ0) is 21.2. The molecule has 3 N–H and O–H groups in total. The van der Waals surface area contributed by atoms with Crippen LogP contribution in [0.4, 0.5) is 11.4 Å². The molecule has 0 aliphatic heterocycles. The summed E-state index contributed by atoms with van der Waals surface area (Å²) in [6.45, 7) is 9.19. The number of hydrogen-bond donors (Lipinski definition) is 3. The second-order valence-electron chi connectivity index (χ2n) is 8.45. The number of benzene rings is 2. The molecule has 28 heavy (non-hydrogen) atoms. The summed E-state index contributed by atoms with van der Waals surface area (Å²) in [5.41, 5.74) is 1.00. The van der Waals surface area contributed by atoms with E-state index in [9.17, 15) is 18.3 Å². The van der Waals surface area contributed by atoms with Crippen LogP contribution in [0.1, 0.15) is 40.2 Å². The summed E-state index contributed by atoms with van der Waals surface area (Å²) >= 11 is 0. The van der Waals surface area contributed by atoms with E-state index in [1.807, 2.05) is 12.1 Å². The zero-order valence-corrected chi connectivity index (χ0v) is 17.7. The first-order valence-electron chi connectivity index (χ1n) is 9.01. The molecular weight excluding hydrogens is 376 g/mol. The molecule has 1 amide bonds. The highest BCUT2D eigenvalue weighted by Crippen LogP contribution is 2.25. The van der Waals surface area contributed by atoms with Crippen molar-refractivity contribution in [1.29, 1.82) is 0 Å². The first-order valence-corrected chi connectivity index (χ1v) is 10.5. The monoisotopic (exact) mass is 404 g/mol. The molecular formula is C21H28N2O4S. The van der Waals surface area contributed by atoms with Crippen molar-refractivity contribution in [3.63, 3.8) is 0 Å². The molecule has 0 aliphatic carbocycles. The van der Waals surface area contributed by atoms with Crippen LogP contribution in [0.15, 0.2) is 53.4 Å². The highest BCUT2D eigenvalue weighted by atomic mass is 32.2. The summed E-state index contributed by atoms with van der Waals surface area (Å²) in [6, 6.07) is 13.2. The van der Waals surface area contributed by atoms with E-state index in [1.54, 1.807) is 50.2 Å². The van der Waals surface area contributed by atoms with Crippen molar-refractivity contribution in [2.24, 2.45) is 5.41 Å². The van der Waals surface area contributed by atoms with Gasteiger partial charge in [0.15, 0.2) is 0 Å². The van der Waals surface area contributed by atoms with Crippen molar-refractivity contribution >= 4 is 27.3 Å². The molecule has 2 rings (SSSR count). The Hall–Kier alpha value is -2.38. The number of anilines is 2. The Morgan fingerprint density at radius 1 is 0.893 bits per heavy atom. The fourth-order valence-electron chi connectivity index (χ4n) is 2.34. The van der Waals surface area contributed by atoms with E-state index in [1.165, 1.54) is 0 Å². The Kier molecular flexibility index (Phi) is 6.21. The molecule has 2 aromatic rings. The van der Waals surface area contributed by atoms with Gasteiger partial charge in [0.05, 0.1) is 16.9 Å². The summed E-state index contributed by atoms with van der Waals surface area (Å²) < 4.78 is 27.7. The number of rotatable bonds is 6. The number of sulfonamides is 1. The lowest BCUT2D eigenvalue weighted by atomic mass is 9.87. The molecule has 0 fully saturated rings. The summed E-state index contributed by atoms with van der Waals surface area (Å²) in [7, 11) is -3.71. The molecule has 0 radical (unpaired) electrons. The molecule has 0 aromatic heterocycles. The molecule has 152 valence electrons. The first kappa shape index (κ1) is 21.9. The van der Waals surface area contributed by atoms with Gasteiger partial charge in [-0.3, -0.25) is 9.52 Å². The standard InChI is InChI=1S/C21H28N2O4S/c1-20(2,3)15-6-12-18(13-7-15)28(26,27)23-17-10-8-16(9-11-17)22-19(25)21(4,5)14-24/h6-13,23-24H,14H2,1-5H3,(H,22,25). The maximum absolute atomic E-state index is 12.6. The second kappa shape index (κ2) is 7.93. The van der Waals surface area contributed by atoms with Gasteiger partial charge in [0.2, 0.25) is 5.91 Å². The van der Waals surface area contributed by atoms with E-state index in [0.29, 0.717) is 11.4 Å². The fraction of sp³-hybridized carbons (Fsp3) is 0.381. The smallest absolute Gasteiger partial charge is 0.261 e. The van der Waals surface area contributed by atoms with E-state index in [2.05, 4.69) is 30.8 Å². The van der Waals surface area contributed by atoms with E-state index < -0.39 is 15.4 Å². The quantitative estimate of drug-likeness (QED) is 0.683. The van der Waals surface area contributed by atoms with Gasteiger partial charge >= 0.3 is 0 Å². The molecule has 6 nitrogen and oxygen atoms in total. The van der Waals surface area contributed by atoms with Gasteiger partial charge in [-0.15, -0.1) is 0 Å². The van der Waals surface area contributed by atoms with Crippen molar-refractivity contribution in [2.75, 3.05) is 16.6 Å². The van der Waals surface area contributed by atoms with Crippen LogP contribution < -0.4 is 10.0 Å². The molecule has 7 heteroatoms. The van der Waals surface area contributed by atoms with Crippen LogP contribution in [0.25, 0.3) is 0 Å². The number of aliphatic hydroxyl groups excluding tert-OH is 1. The number of nitrogens with one attached hydrogen (secondary N) is 2.